The van der Waals surface area contributed by atoms with Crippen LogP contribution >= 0.6 is 16.0 Å². The summed E-state index contributed by atoms with van der Waals surface area (Å²) in [6.45, 7) is -0.783. The Hall–Kier alpha value is 0.220. The van der Waals surface area contributed by atoms with Crippen LogP contribution in [0.25, 0.3) is 0 Å². The van der Waals surface area contributed by atoms with E-state index in [1.54, 1.807) is 0 Å². The van der Waals surface area contributed by atoms with Crippen molar-refractivity contribution in [3.05, 3.63) is 0 Å². The molecule has 1 saturated heterocycles. The molecule has 0 bridgehead atoms. The Kier molecular flexibility index (Phi) is 6.60. The number of aliphatic hydroxyl groups excluding tert-OH is 2. The van der Waals surface area contributed by atoms with E-state index < -0.39 is 53.3 Å². The molecule has 12 nitrogen and oxygen atoms in total. The minimum absolute atomic E-state index is 0.783. The van der Waals surface area contributed by atoms with Crippen molar-refractivity contribution in [1.82, 2.24) is 0 Å². The molecule has 128 valence electrons. The van der Waals surface area contributed by atoms with Crippen molar-refractivity contribution in [3.8, 4) is 0 Å². The van der Waals surface area contributed by atoms with Gasteiger partial charge in [-0.3, -0.25) is 0 Å². The molecular weight excluding hydrogens is 338 g/mol. The molecule has 0 aromatic carbocycles. The SMILES string of the molecule is CO[C@H]1OC(CO)[C@@H](OP(=O)(O)O)C(O)C1O[PH](O)(O)O. The van der Waals surface area contributed by atoms with Gasteiger partial charge in [0.1, 0.15) is 0 Å². The van der Waals surface area contributed by atoms with Crippen LogP contribution in [0.2, 0.25) is 0 Å². The van der Waals surface area contributed by atoms with Gasteiger partial charge < -0.3 is 0 Å². The van der Waals surface area contributed by atoms with E-state index in [1.807, 2.05) is 0 Å². The number of ether oxygens (including phenoxy) is 2. The number of aliphatic hydroxyl groups is 2. The molecule has 7 N–H and O–H groups in total. The van der Waals surface area contributed by atoms with Gasteiger partial charge in [-0.2, -0.15) is 0 Å². The Morgan fingerprint density at radius 3 is 2.19 bits per heavy atom. The molecule has 0 saturated carbocycles. The van der Waals surface area contributed by atoms with Crippen LogP contribution in [-0.4, -0.2) is 79.1 Å². The van der Waals surface area contributed by atoms with Crippen LogP contribution in [0.3, 0.4) is 0 Å². The standard InChI is InChI=1S/C7H18O12P2/c1-16-7-6(19-21(13,14)15)4(9)5(3(2-8)17-7)18-20(10,11)12/h3-9,13-15,21H,2H2,1H3,(H2,10,11,12)/t3?,4?,5-,6?,7+/m1/s1. The summed E-state index contributed by atoms with van der Waals surface area (Å²) in [5, 5.41) is 19.1. The van der Waals surface area contributed by atoms with Crippen molar-refractivity contribution in [2.45, 2.75) is 30.7 Å². The Morgan fingerprint density at radius 2 is 1.81 bits per heavy atom. The number of hydrogen-bond acceptors (Lipinski definition) is 10. The molecule has 5 atom stereocenters. The van der Waals surface area contributed by atoms with Crippen molar-refractivity contribution < 1.29 is 57.8 Å². The third-order valence-electron chi connectivity index (χ3n) is 2.58. The molecule has 21 heavy (non-hydrogen) atoms. The first-order valence-corrected chi connectivity index (χ1v) is 8.82. The topological polar surface area (TPSA) is 196 Å². The average molecular weight is 356 g/mol. The molecule has 0 aliphatic carbocycles. The molecule has 3 unspecified atom stereocenters. The fourth-order valence-electron chi connectivity index (χ4n) is 1.83. The molecule has 1 aliphatic heterocycles. The monoisotopic (exact) mass is 356 g/mol. The first-order valence-electron chi connectivity index (χ1n) is 5.54. The van der Waals surface area contributed by atoms with E-state index >= 15 is 0 Å². The van der Waals surface area contributed by atoms with E-state index in [0.29, 0.717) is 0 Å². The van der Waals surface area contributed by atoms with Crippen molar-refractivity contribution in [3.63, 3.8) is 0 Å². The van der Waals surface area contributed by atoms with Crippen LogP contribution in [0.1, 0.15) is 0 Å². The number of phosphoric acid groups is 1. The van der Waals surface area contributed by atoms with Crippen molar-refractivity contribution >= 4 is 16.0 Å². The third-order valence-corrected chi connectivity index (χ3v) is 3.69. The van der Waals surface area contributed by atoms with Crippen molar-refractivity contribution in [2.75, 3.05) is 13.7 Å². The van der Waals surface area contributed by atoms with Gasteiger partial charge in [0.25, 0.3) is 0 Å². The van der Waals surface area contributed by atoms with Gasteiger partial charge in [-0.15, -0.1) is 0 Å². The maximum atomic E-state index is 10.9. The first-order chi connectivity index (χ1) is 9.48. The van der Waals surface area contributed by atoms with Crippen molar-refractivity contribution in [1.29, 1.82) is 0 Å². The molecule has 1 aliphatic rings. The van der Waals surface area contributed by atoms with Gasteiger partial charge in [0.15, 0.2) is 0 Å². The average Bonchev–Trinajstić information content (AvgIpc) is 2.31. The second kappa shape index (κ2) is 7.20. The fraction of sp³-hybridized carbons (Fsp3) is 1.00. The Balaban J connectivity index is 2.99. The Morgan fingerprint density at radius 1 is 1.24 bits per heavy atom. The van der Waals surface area contributed by atoms with E-state index in [4.69, 9.17) is 39.0 Å². The van der Waals surface area contributed by atoms with Gasteiger partial charge in [0, 0.05) is 0 Å². The summed E-state index contributed by atoms with van der Waals surface area (Å²) < 4.78 is 29.4. The first kappa shape index (κ1) is 19.3. The summed E-state index contributed by atoms with van der Waals surface area (Å²) in [6, 6.07) is 0. The van der Waals surface area contributed by atoms with Gasteiger partial charge in [-0.1, -0.05) is 0 Å². The van der Waals surface area contributed by atoms with E-state index in [0.717, 1.165) is 7.11 Å². The Bertz CT molecular complexity index is 378. The fourth-order valence-corrected chi connectivity index (χ4v) is 3.02. The second-order valence-corrected chi connectivity index (χ2v) is 6.74. The van der Waals surface area contributed by atoms with Crippen LogP contribution < -0.4 is 0 Å². The van der Waals surface area contributed by atoms with E-state index in [2.05, 4.69) is 9.05 Å². The summed E-state index contributed by atoms with van der Waals surface area (Å²) in [7, 11) is -9.05. The zero-order valence-electron chi connectivity index (χ0n) is 10.7. The van der Waals surface area contributed by atoms with E-state index in [-0.39, 0.29) is 0 Å². The molecule has 1 fully saturated rings. The van der Waals surface area contributed by atoms with Crippen LogP contribution in [0.4, 0.5) is 0 Å². The molecule has 0 aromatic heterocycles. The van der Waals surface area contributed by atoms with Gasteiger partial charge in [-0.05, 0) is 0 Å². The zero-order valence-corrected chi connectivity index (χ0v) is 12.6. The molecule has 1 rings (SSSR count). The summed E-state index contributed by atoms with van der Waals surface area (Å²) in [6.07, 6.45) is -8.21. The van der Waals surface area contributed by atoms with Gasteiger partial charge >= 0.3 is 118 Å². The number of rotatable bonds is 6. The van der Waals surface area contributed by atoms with E-state index in [9.17, 15) is 9.67 Å². The summed E-state index contributed by atoms with van der Waals surface area (Å²) in [5.74, 6) is 0. The third kappa shape index (κ3) is 5.73. The molecule has 14 heteroatoms. The summed E-state index contributed by atoms with van der Waals surface area (Å²) in [4.78, 5) is 44.3. The van der Waals surface area contributed by atoms with Gasteiger partial charge in [0.2, 0.25) is 0 Å². The second-order valence-electron chi connectivity index (χ2n) is 4.17. The molecule has 0 spiro atoms. The van der Waals surface area contributed by atoms with Crippen LogP contribution in [0, 0.1) is 0 Å². The summed E-state index contributed by atoms with van der Waals surface area (Å²) >= 11 is 0. The number of methoxy groups -OCH3 is 1. The number of phosphoric ester groups is 1. The molecule has 1 heterocycles. The van der Waals surface area contributed by atoms with Crippen LogP contribution in [-0.2, 0) is 23.1 Å². The molecular formula is C7H18O12P2. The molecule has 0 aromatic rings. The van der Waals surface area contributed by atoms with Crippen molar-refractivity contribution in [2.24, 2.45) is 0 Å². The Labute approximate surface area is 119 Å². The molecule has 0 amide bonds. The van der Waals surface area contributed by atoms with E-state index in [1.165, 1.54) is 0 Å². The normalized spacial score (nSPS) is 35.7. The van der Waals surface area contributed by atoms with Crippen LogP contribution in [0.5, 0.6) is 0 Å². The quantitative estimate of drug-likeness (QED) is 0.238. The predicted octanol–water partition coefficient (Wildman–Crippen LogP) is -3.04. The maximum absolute atomic E-state index is 10.9. The molecule has 0 radical (unpaired) electrons. The predicted molar refractivity (Wildman–Crippen MR) is 65.5 cm³/mol. The minimum atomic E-state index is -5.10. The van der Waals surface area contributed by atoms with Crippen LogP contribution in [0.15, 0.2) is 0 Å². The number of hydrogen-bond donors (Lipinski definition) is 7. The van der Waals surface area contributed by atoms with Gasteiger partial charge in [0.05, 0.1) is 0 Å². The van der Waals surface area contributed by atoms with Gasteiger partial charge in [-0.25, -0.2) is 0 Å². The zero-order chi connectivity index (χ0) is 16.4. The summed E-state index contributed by atoms with van der Waals surface area (Å²) in [5.41, 5.74) is 0.